The van der Waals surface area contributed by atoms with Crippen LogP contribution < -0.4 is 5.32 Å². The molecule has 1 rings (SSSR count). The molecule has 2 N–H and O–H groups in total. The number of methoxy groups -OCH3 is 1. The van der Waals surface area contributed by atoms with Gasteiger partial charge in [0.05, 0.1) is 0 Å². The van der Waals surface area contributed by atoms with Crippen LogP contribution in [0.25, 0.3) is 0 Å². The predicted octanol–water partition coefficient (Wildman–Crippen LogP) is 0.208. The summed E-state index contributed by atoms with van der Waals surface area (Å²) in [5, 5.41) is 11.8. The van der Waals surface area contributed by atoms with E-state index in [1.165, 1.54) is 7.11 Å². The van der Waals surface area contributed by atoms with Gasteiger partial charge >= 0.3 is 5.97 Å². The molecule has 12 heavy (non-hydrogen) atoms. The van der Waals surface area contributed by atoms with Crippen LogP contribution in [0.15, 0.2) is 12.3 Å². The number of nitrogens with one attached hydrogen (secondary N) is 1. The molecule has 0 aliphatic carbocycles. The zero-order chi connectivity index (χ0) is 9.14. The van der Waals surface area contributed by atoms with E-state index in [-0.39, 0.29) is 12.0 Å². The second-order valence-electron chi connectivity index (χ2n) is 2.89. The van der Waals surface area contributed by atoms with E-state index in [9.17, 15) is 4.79 Å². The monoisotopic (exact) mass is 171 g/mol. The summed E-state index contributed by atoms with van der Waals surface area (Å²) in [7, 11) is 1.41. The molecule has 0 saturated heterocycles. The molecule has 0 aromatic carbocycles. The molecule has 0 spiro atoms. The van der Waals surface area contributed by atoms with Crippen molar-refractivity contribution in [1.82, 2.24) is 5.32 Å². The fourth-order valence-corrected chi connectivity index (χ4v) is 1.38. The van der Waals surface area contributed by atoms with E-state index in [1.54, 1.807) is 6.20 Å². The zero-order valence-electron chi connectivity index (χ0n) is 7.15. The first kappa shape index (κ1) is 9.06. The van der Waals surface area contributed by atoms with Crippen molar-refractivity contribution in [3.63, 3.8) is 0 Å². The summed E-state index contributed by atoms with van der Waals surface area (Å²) in [5.41, 5.74) is 0. The topological polar surface area (TPSA) is 58.6 Å². The maximum Gasteiger partial charge on any atom is 0.333 e. The van der Waals surface area contributed by atoms with Crippen molar-refractivity contribution in [3.8, 4) is 0 Å². The van der Waals surface area contributed by atoms with Crippen LogP contribution in [-0.4, -0.2) is 30.3 Å². The lowest BCUT2D eigenvalue weighted by atomic mass is 9.97. The third-order valence-electron chi connectivity index (χ3n) is 2.10. The highest BCUT2D eigenvalue weighted by atomic mass is 16.5. The average molecular weight is 171 g/mol. The normalized spacial score (nSPS) is 29.8. The van der Waals surface area contributed by atoms with E-state index in [4.69, 9.17) is 9.84 Å². The van der Waals surface area contributed by atoms with Gasteiger partial charge in [-0.15, -0.1) is 0 Å². The minimum absolute atomic E-state index is 0.0764. The summed E-state index contributed by atoms with van der Waals surface area (Å²) >= 11 is 0. The van der Waals surface area contributed by atoms with Crippen LogP contribution in [0.2, 0.25) is 0 Å². The Morgan fingerprint density at radius 2 is 2.42 bits per heavy atom. The Labute approximate surface area is 71.2 Å². The second-order valence-corrected chi connectivity index (χ2v) is 2.89. The summed E-state index contributed by atoms with van der Waals surface area (Å²) in [4.78, 5) is 10.7. The van der Waals surface area contributed by atoms with Crippen LogP contribution >= 0.6 is 0 Å². The molecule has 0 amide bonds. The zero-order valence-corrected chi connectivity index (χ0v) is 7.15. The molecule has 0 aromatic rings. The molecule has 4 heteroatoms. The number of rotatable bonds is 3. The van der Waals surface area contributed by atoms with Crippen LogP contribution in [0.3, 0.4) is 0 Å². The predicted molar refractivity (Wildman–Crippen MR) is 43.7 cm³/mol. The molecule has 0 radical (unpaired) electrons. The summed E-state index contributed by atoms with van der Waals surface area (Å²) in [5.74, 6) is -0.991. The van der Waals surface area contributed by atoms with Gasteiger partial charge in [0.25, 0.3) is 0 Å². The molecule has 0 aromatic heterocycles. The molecule has 1 aliphatic rings. The molecular formula is C8H13NO3. The average Bonchev–Trinajstić information content (AvgIpc) is 2.38. The number of hydrogen-bond acceptors (Lipinski definition) is 3. The van der Waals surface area contributed by atoms with Gasteiger partial charge in [-0.25, -0.2) is 4.79 Å². The number of ether oxygens (including phenoxy) is 1. The van der Waals surface area contributed by atoms with Crippen LogP contribution in [0, 0.1) is 5.92 Å². The summed E-state index contributed by atoms with van der Waals surface area (Å²) in [6.07, 6.45) is 2.85. The van der Waals surface area contributed by atoms with Gasteiger partial charge in [0, 0.05) is 19.1 Å². The van der Waals surface area contributed by atoms with Crippen molar-refractivity contribution >= 4 is 5.97 Å². The Kier molecular flexibility index (Phi) is 2.70. The van der Waals surface area contributed by atoms with Crippen molar-refractivity contribution < 1.29 is 14.6 Å². The second kappa shape index (κ2) is 3.58. The van der Waals surface area contributed by atoms with Crippen LogP contribution in [0.4, 0.5) is 0 Å². The molecule has 2 unspecified atom stereocenters. The van der Waals surface area contributed by atoms with E-state index < -0.39 is 12.1 Å². The van der Waals surface area contributed by atoms with Gasteiger partial charge < -0.3 is 15.2 Å². The van der Waals surface area contributed by atoms with Crippen molar-refractivity contribution in [1.29, 1.82) is 0 Å². The standard InChI is InChI=1S/C8H13NO3/c1-5-6(3-4-9-5)7(12-2)8(10)11/h3-7,9H,1-2H3,(H,10,11)/t5?,6?,7-/m1/s1. The lowest BCUT2D eigenvalue weighted by Crippen LogP contribution is -2.38. The minimum atomic E-state index is -0.914. The molecule has 0 saturated carbocycles. The number of carboxylic acid groups (broad SMARTS) is 1. The van der Waals surface area contributed by atoms with Gasteiger partial charge in [-0.1, -0.05) is 6.08 Å². The lowest BCUT2D eigenvalue weighted by molar-refractivity contribution is -0.151. The van der Waals surface area contributed by atoms with E-state index in [1.807, 2.05) is 13.0 Å². The van der Waals surface area contributed by atoms with Crippen molar-refractivity contribution in [2.45, 2.75) is 19.1 Å². The Morgan fingerprint density at radius 3 is 2.75 bits per heavy atom. The smallest absolute Gasteiger partial charge is 0.333 e. The number of aliphatic carboxylic acids is 1. The Balaban J connectivity index is 2.65. The SMILES string of the molecule is CO[C@@H](C(=O)O)C1C=CNC1C. The van der Waals surface area contributed by atoms with Crippen molar-refractivity contribution in [2.75, 3.05) is 7.11 Å². The summed E-state index contributed by atoms with van der Waals surface area (Å²) < 4.78 is 4.88. The van der Waals surface area contributed by atoms with Crippen LogP contribution in [0.5, 0.6) is 0 Å². The van der Waals surface area contributed by atoms with Gasteiger partial charge in [0.1, 0.15) is 0 Å². The van der Waals surface area contributed by atoms with E-state index in [0.29, 0.717) is 0 Å². The quantitative estimate of drug-likeness (QED) is 0.637. The Morgan fingerprint density at radius 1 is 1.75 bits per heavy atom. The number of carboxylic acids is 1. The molecular weight excluding hydrogens is 158 g/mol. The molecule has 68 valence electrons. The lowest BCUT2D eigenvalue weighted by Gasteiger charge is -2.20. The molecule has 4 nitrogen and oxygen atoms in total. The van der Waals surface area contributed by atoms with Crippen LogP contribution in [-0.2, 0) is 9.53 Å². The first-order valence-corrected chi connectivity index (χ1v) is 3.85. The fraction of sp³-hybridized carbons (Fsp3) is 0.625. The summed E-state index contributed by atoms with van der Waals surface area (Å²) in [6.45, 7) is 1.93. The van der Waals surface area contributed by atoms with Gasteiger partial charge in [-0.3, -0.25) is 0 Å². The van der Waals surface area contributed by atoms with Crippen molar-refractivity contribution in [2.24, 2.45) is 5.92 Å². The highest BCUT2D eigenvalue weighted by Crippen LogP contribution is 2.18. The molecule has 0 bridgehead atoms. The molecule has 1 aliphatic heterocycles. The third kappa shape index (κ3) is 1.58. The highest BCUT2D eigenvalue weighted by Gasteiger charge is 2.32. The molecule has 0 fully saturated rings. The molecule has 1 heterocycles. The number of hydrogen-bond donors (Lipinski definition) is 2. The maximum absolute atomic E-state index is 10.7. The van der Waals surface area contributed by atoms with Gasteiger partial charge in [0.2, 0.25) is 0 Å². The third-order valence-corrected chi connectivity index (χ3v) is 2.10. The first-order chi connectivity index (χ1) is 5.66. The van der Waals surface area contributed by atoms with Gasteiger partial charge in [-0.05, 0) is 13.1 Å². The van der Waals surface area contributed by atoms with E-state index in [2.05, 4.69) is 5.32 Å². The fourth-order valence-electron chi connectivity index (χ4n) is 1.38. The van der Waals surface area contributed by atoms with Crippen molar-refractivity contribution in [3.05, 3.63) is 12.3 Å². The first-order valence-electron chi connectivity index (χ1n) is 3.85. The van der Waals surface area contributed by atoms with Crippen LogP contribution in [0.1, 0.15) is 6.92 Å². The highest BCUT2D eigenvalue weighted by molar-refractivity contribution is 5.73. The van der Waals surface area contributed by atoms with Gasteiger partial charge in [0.15, 0.2) is 6.10 Å². The molecule has 3 atom stereocenters. The largest absolute Gasteiger partial charge is 0.479 e. The number of carbonyl (C=O) groups is 1. The van der Waals surface area contributed by atoms with Gasteiger partial charge in [-0.2, -0.15) is 0 Å². The minimum Gasteiger partial charge on any atom is -0.479 e. The summed E-state index contributed by atoms with van der Waals surface area (Å²) in [6, 6.07) is 0.131. The Hall–Kier alpha value is -1.03. The maximum atomic E-state index is 10.7. The van der Waals surface area contributed by atoms with E-state index >= 15 is 0 Å². The Bertz CT molecular complexity index is 202. The van der Waals surface area contributed by atoms with E-state index in [0.717, 1.165) is 0 Å².